The quantitative estimate of drug-likeness (QED) is 0.918. The van der Waals surface area contributed by atoms with Crippen molar-refractivity contribution < 1.29 is 4.79 Å². The van der Waals surface area contributed by atoms with Crippen LogP contribution in [0.3, 0.4) is 0 Å². The third-order valence-corrected chi connectivity index (χ3v) is 5.48. The fraction of sp³-hybridized carbons (Fsp3) is 0.632. The van der Waals surface area contributed by atoms with E-state index < -0.39 is 0 Å². The molecule has 0 radical (unpaired) electrons. The predicted molar refractivity (Wildman–Crippen MR) is 98.5 cm³/mol. The zero-order valence-corrected chi connectivity index (χ0v) is 14.9. The van der Waals surface area contributed by atoms with Gasteiger partial charge in [0.15, 0.2) is 0 Å². The van der Waals surface area contributed by atoms with Gasteiger partial charge in [0.2, 0.25) is 0 Å². The third-order valence-electron chi connectivity index (χ3n) is 5.48. The normalized spacial score (nSPS) is 25.8. The monoisotopic (exact) mass is 330 g/mol. The van der Waals surface area contributed by atoms with Crippen molar-refractivity contribution in [2.75, 3.05) is 44.2 Å². The maximum absolute atomic E-state index is 12.8. The van der Waals surface area contributed by atoms with Crippen LogP contribution in [0.4, 0.5) is 5.69 Å². The lowest BCUT2D eigenvalue weighted by atomic mass is 9.98. The van der Waals surface area contributed by atoms with Crippen LogP contribution in [0.15, 0.2) is 24.3 Å². The lowest BCUT2D eigenvalue weighted by Gasteiger charge is -2.37. The Kier molecular flexibility index (Phi) is 5.41. The fourth-order valence-corrected chi connectivity index (χ4v) is 3.81. The van der Waals surface area contributed by atoms with Gasteiger partial charge in [-0.1, -0.05) is 6.92 Å². The Morgan fingerprint density at radius 2 is 1.79 bits per heavy atom. The van der Waals surface area contributed by atoms with Crippen molar-refractivity contribution in [1.29, 1.82) is 0 Å². The van der Waals surface area contributed by atoms with Crippen molar-refractivity contribution in [2.45, 2.75) is 38.8 Å². The summed E-state index contributed by atoms with van der Waals surface area (Å²) >= 11 is 0. The number of carbonyl (C=O) groups excluding carboxylic acids is 1. The van der Waals surface area contributed by atoms with Gasteiger partial charge in [0, 0.05) is 56.1 Å². The standard InChI is InChI=1S/C19H30N4O/c1-3-21-10-12-22(13-11-21)18-6-4-16(5-7-18)19(24)23-9-8-17(20)14-15(23)2/h4-7,15,17H,3,8-14,20H2,1-2H3/t15-,17-/m1/s1. The van der Waals surface area contributed by atoms with Gasteiger partial charge >= 0.3 is 0 Å². The van der Waals surface area contributed by atoms with Crippen LogP contribution in [0, 0.1) is 0 Å². The lowest BCUT2D eigenvalue weighted by molar-refractivity contribution is 0.0619. The van der Waals surface area contributed by atoms with Crippen molar-refractivity contribution in [3.8, 4) is 0 Å². The largest absolute Gasteiger partial charge is 0.369 e. The van der Waals surface area contributed by atoms with Crippen molar-refractivity contribution in [2.24, 2.45) is 5.73 Å². The molecule has 5 heteroatoms. The Morgan fingerprint density at radius 1 is 1.12 bits per heavy atom. The summed E-state index contributed by atoms with van der Waals surface area (Å²) in [7, 11) is 0. The molecular formula is C19H30N4O. The van der Waals surface area contributed by atoms with E-state index in [1.54, 1.807) is 0 Å². The molecule has 1 amide bonds. The summed E-state index contributed by atoms with van der Waals surface area (Å²) < 4.78 is 0. The highest BCUT2D eigenvalue weighted by molar-refractivity contribution is 5.94. The highest BCUT2D eigenvalue weighted by atomic mass is 16.2. The molecule has 0 unspecified atom stereocenters. The Hall–Kier alpha value is -1.59. The van der Waals surface area contributed by atoms with Crippen LogP contribution in [-0.4, -0.2) is 67.1 Å². The third kappa shape index (κ3) is 3.73. The molecule has 2 heterocycles. The number of piperazine rings is 1. The van der Waals surface area contributed by atoms with Crippen LogP contribution >= 0.6 is 0 Å². The second-order valence-electron chi connectivity index (χ2n) is 7.10. The van der Waals surface area contributed by atoms with E-state index in [1.165, 1.54) is 5.69 Å². The molecule has 2 aliphatic rings. The molecule has 0 aliphatic carbocycles. The molecule has 2 N–H and O–H groups in total. The molecule has 2 aliphatic heterocycles. The number of likely N-dealkylation sites (N-methyl/N-ethyl adjacent to an activating group) is 1. The van der Waals surface area contributed by atoms with E-state index in [1.807, 2.05) is 17.0 Å². The van der Waals surface area contributed by atoms with Crippen molar-refractivity contribution in [1.82, 2.24) is 9.80 Å². The Balaban J connectivity index is 1.63. The lowest BCUT2D eigenvalue weighted by Crippen LogP contribution is -2.48. The topological polar surface area (TPSA) is 52.8 Å². The number of anilines is 1. The summed E-state index contributed by atoms with van der Waals surface area (Å²) in [6.45, 7) is 10.5. The average Bonchev–Trinajstić information content (AvgIpc) is 2.61. The molecule has 0 saturated carbocycles. The van der Waals surface area contributed by atoms with Gasteiger partial charge in [-0.2, -0.15) is 0 Å². The van der Waals surface area contributed by atoms with E-state index >= 15 is 0 Å². The summed E-state index contributed by atoms with van der Waals surface area (Å²) in [6.07, 6.45) is 1.79. The first-order valence-corrected chi connectivity index (χ1v) is 9.22. The van der Waals surface area contributed by atoms with Crippen molar-refractivity contribution in [3.63, 3.8) is 0 Å². The molecular weight excluding hydrogens is 300 g/mol. The molecule has 0 aromatic heterocycles. The van der Waals surface area contributed by atoms with Crippen LogP contribution in [0.25, 0.3) is 0 Å². The van der Waals surface area contributed by atoms with Crippen molar-refractivity contribution >= 4 is 11.6 Å². The maximum Gasteiger partial charge on any atom is 0.254 e. The number of carbonyl (C=O) groups is 1. The van der Waals surface area contributed by atoms with Gasteiger partial charge in [-0.25, -0.2) is 0 Å². The molecule has 3 rings (SSSR count). The van der Waals surface area contributed by atoms with Gasteiger partial charge < -0.3 is 20.4 Å². The molecule has 2 saturated heterocycles. The van der Waals surface area contributed by atoms with Crippen LogP contribution in [0.1, 0.15) is 37.0 Å². The number of hydrogen-bond acceptors (Lipinski definition) is 4. The van der Waals surface area contributed by atoms with E-state index in [-0.39, 0.29) is 18.0 Å². The highest BCUT2D eigenvalue weighted by Crippen LogP contribution is 2.21. The molecule has 132 valence electrons. The first kappa shape index (κ1) is 17.2. The van der Waals surface area contributed by atoms with Gasteiger partial charge in [0.1, 0.15) is 0 Å². The van der Waals surface area contributed by atoms with Gasteiger partial charge in [-0.3, -0.25) is 4.79 Å². The number of nitrogens with two attached hydrogens (primary N) is 1. The fourth-order valence-electron chi connectivity index (χ4n) is 3.81. The zero-order valence-electron chi connectivity index (χ0n) is 14.9. The molecule has 5 nitrogen and oxygen atoms in total. The van der Waals surface area contributed by atoms with E-state index in [0.717, 1.165) is 57.7 Å². The summed E-state index contributed by atoms with van der Waals surface area (Å²) in [4.78, 5) is 19.6. The van der Waals surface area contributed by atoms with Crippen LogP contribution in [-0.2, 0) is 0 Å². The number of hydrogen-bond donors (Lipinski definition) is 1. The summed E-state index contributed by atoms with van der Waals surface area (Å²) in [5, 5.41) is 0. The maximum atomic E-state index is 12.8. The van der Waals surface area contributed by atoms with Crippen LogP contribution in [0.2, 0.25) is 0 Å². The molecule has 1 aromatic rings. The molecule has 2 atom stereocenters. The number of rotatable bonds is 3. The van der Waals surface area contributed by atoms with Gasteiger partial charge in [0.25, 0.3) is 5.91 Å². The van der Waals surface area contributed by atoms with Crippen LogP contribution < -0.4 is 10.6 Å². The molecule has 0 bridgehead atoms. The summed E-state index contributed by atoms with van der Waals surface area (Å²) in [5.74, 6) is 0.136. The van der Waals surface area contributed by atoms with Gasteiger partial charge in [0.05, 0.1) is 0 Å². The zero-order chi connectivity index (χ0) is 17.1. The van der Waals surface area contributed by atoms with Crippen molar-refractivity contribution in [3.05, 3.63) is 29.8 Å². The Bertz CT molecular complexity index is 551. The number of likely N-dealkylation sites (tertiary alicyclic amines) is 1. The van der Waals surface area contributed by atoms with E-state index in [4.69, 9.17) is 5.73 Å². The number of benzene rings is 1. The minimum atomic E-state index is 0.136. The smallest absolute Gasteiger partial charge is 0.254 e. The minimum absolute atomic E-state index is 0.136. The number of nitrogens with zero attached hydrogens (tertiary/aromatic N) is 3. The van der Waals surface area contributed by atoms with Gasteiger partial charge in [-0.15, -0.1) is 0 Å². The second-order valence-corrected chi connectivity index (χ2v) is 7.10. The van der Waals surface area contributed by atoms with E-state index in [2.05, 4.69) is 35.8 Å². The highest BCUT2D eigenvalue weighted by Gasteiger charge is 2.27. The average molecular weight is 330 g/mol. The van der Waals surface area contributed by atoms with Crippen LogP contribution in [0.5, 0.6) is 0 Å². The minimum Gasteiger partial charge on any atom is -0.369 e. The molecule has 0 spiro atoms. The molecule has 1 aromatic carbocycles. The van der Waals surface area contributed by atoms with Gasteiger partial charge in [-0.05, 0) is 50.6 Å². The Morgan fingerprint density at radius 3 is 2.38 bits per heavy atom. The summed E-state index contributed by atoms with van der Waals surface area (Å²) in [5.41, 5.74) is 8.01. The number of amides is 1. The second kappa shape index (κ2) is 7.53. The Labute approximate surface area is 145 Å². The predicted octanol–water partition coefficient (Wildman–Crippen LogP) is 1.78. The number of piperidine rings is 1. The summed E-state index contributed by atoms with van der Waals surface area (Å²) in [6, 6.07) is 8.59. The van der Waals surface area contributed by atoms with E-state index in [9.17, 15) is 4.79 Å². The molecule has 24 heavy (non-hydrogen) atoms. The molecule has 2 fully saturated rings. The SMILES string of the molecule is CCN1CCN(c2ccc(C(=O)N3CC[C@@H](N)C[C@H]3C)cc2)CC1. The van der Waals surface area contributed by atoms with E-state index in [0.29, 0.717) is 0 Å². The first-order valence-electron chi connectivity index (χ1n) is 9.22. The first-order chi connectivity index (χ1) is 11.6.